The first-order valence-corrected chi connectivity index (χ1v) is 21.3. The van der Waals surface area contributed by atoms with Gasteiger partial charge in [0.15, 0.2) is 0 Å². The lowest BCUT2D eigenvalue weighted by atomic mass is 9.85. The van der Waals surface area contributed by atoms with Gasteiger partial charge in [-0.05, 0) is 93.8 Å². The molecule has 50 heavy (non-hydrogen) atoms. The molecule has 0 spiro atoms. The number of benzene rings is 2. The van der Waals surface area contributed by atoms with Gasteiger partial charge in [-0.25, -0.2) is 26.3 Å². The van der Waals surface area contributed by atoms with Crippen LogP contribution in [0.5, 0.6) is 11.5 Å². The van der Waals surface area contributed by atoms with Crippen molar-refractivity contribution in [2.24, 2.45) is 0 Å². The fourth-order valence-corrected chi connectivity index (χ4v) is 9.30. The predicted octanol–water partition coefficient (Wildman–Crippen LogP) is 3.48. The van der Waals surface area contributed by atoms with Crippen LogP contribution < -0.4 is 18.9 Å². The van der Waals surface area contributed by atoms with E-state index < -0.39 is 20.0 Å². The number of hydrogen-bond donors (Lipinski definition) is 2. The van der Waals surface area contributed by atoms with Crippen molar-refractivity contribution in [3.05, 3.63) is 58.1 Å². The average molecular weight is 739 g/mol. The summed E-state index contributed by atoms with van der Waals surface area (Å²) in [6.45, 7) is 11.9. The molecular formula is C36H58N4O8S2. The molecule has 3 unspecified atom stereocenters. The van der Waals surface area contributed by atoms with Gasteiger partial charge in [0.1, 0.15) is 24.7 Å². The number of nitrogens with one attached hydrogen (secondary N) is 2. The summed E-state index contributed by atoms with van der Waals surface area (Å²) in [6.07, 6.45) is 5.43. The maximum absolute atomic E-state index is 12.4. The van der Waals surface area contributed by atoms with Crippen LogP contribution in [0.2, 0.25) is 0 Å². The second-order valence-corrected chi connectivity index (χ2v) is 17.4. The number of hydrogen-bond acceptors (Lipinski definition) is 10. The highest BCUT2D eigenvalue weighted by Crippen LogP contribution is 2.40. The number of rotatable bonds is 17. The standard InChI is InChI=1S/C36H58N4O8S2/c1-25-11-9-13-35(27(25)3)47-22-20-40-32(17-16-31(34(40)24-46-6)38-50(8,43)44)29-15-14-26(2)36(28(29)4)48-21-19-39-18-10-12-30(33(39)23-45-5)37-49(7,41)42/h9,11,13-15,30-34,37-38H,10,12,16-24H2,1-8H3/t30?,31?,32?,33-,34-/m0/s1. The summed E-state index contributed by atoms with van der Waals surface area (Å²) in [6, 6.07) is 9.44. The number of likely N-dealkylation sites (tertiary alicyclic amines) is 2. The van der Waals surface area contributed by atoms with Crippen molar-refractivity contribution in [3.63, 3.8) is 0 Å². The Hall–Kier alpha value is -2.30. The number of sulfonamides is 2. The lowest BCUT2D eigenvalue weighted by Gasteiger charge is -2.46. The Morgan fingerprint density at radius 3 is 2.04 bits per heavy atom. The molecule has 0 radical (unpaired) electrons. The van der Waals surface area contributed by atoms with Crippen LogP contribution in [0.1, 0.15) is 59.5 Å². The minimum absolute atomic E-state index is 0.0195. The maximum atomic E-state index is 12.4. The zero-order valence-electron chi connectivity index (χ0n) is 31.0. The summed E-state index contributed by atoms with van der Waals surface area (Å²) in [5.41, 5.74) is 5.47. The summed E-state index contributed by atoms with van der Waals surface area (Å²) in [7, 11) is -3.51. The Balaban J connectivity index is 1.56. The van der Waals surface area contributed by atoms with Crippen molar-refractivity contribution in [1.82, 2.24) is 19.2 Å². The Morgan fingerprint density at radius 1 is 0.740 bits per heavy atom. The molecule has 2 saturated heterocycles. The smallest absolute Gasteiger partial charge is 0.209 e. The van der Waals surface area contributed by atoms with Crippen molar-refractivity contribution < 1.29 is 35.8 Å². The first kappa shape index (κ1) is 40.5. The van der Waals surface area contributed by atoms with E-state index in [1.165, 1.54) is 12.5 Å². The van der Waals surface area contributed by atoms with Gasteiger partial charge in [0.25, 0.3) is 0 Å². The first-order valence-electron chi connectivity index (χ1n) is 17.5. The van der Waals surface area contributed by atoms with Gasteiger partial charge in [0.05, 0.1) is 31.8 Å². The summed E-state index contributed by atoms with van der Waals surface area (Å²) in [5, 5.41) is 0. The molecule has 0 amide bonds. The van der Waals surface area contributed by atoms with E-state index in [4.69, 9.17) is 18.9 Å². The summed E-state index contributed by atoms with van der Waals surface area (Å²) < 4.78 is 78.7. The second-order valence-electron chi connectivity index (χ2n) is 13.9. The molecule has 2 aromatic carbocycles. The van der Waals surface area contributed by atoms with Crippen molar-refractivity contribution in [2.45, 2.75) is 83.6 Å². The molecule has 2 aromatic rings. The highest BCUT2D eigenvalue weighted by Gasteiger charge is 2.40. The van der Waals surface area contributed by atoms with Crippen molar-refractivity contribution in [3.8, 4) is 11.5 Å². The van der Waals surface area contributed by atoms with Crippen LogP contribution >= 0.6 is 0 Å². The van der Waals surface area contributed by atoms with Gasteiger partial charge < -0.3 is 18.9 Å². The zero-order chi connectivity index (χ0) is 36.6. The lowest BCUT2D eigenvalue weighted by molar-refractivity contribution is 0.00403. The Bertz CT molecular complexity index is 1640. The van der Waals surface area contributed by atoms with E-state index >= 15 is 0 Å². The molecule has 4 rings (SSSR count). The zero-order valence-corrected chi connectivity index (χ0v) is 32.7. The molecule has 2 N–H and O–H groups in total. The molecule has 0 aliphatic carbocycles. The topological polar surface area (TPSA) is 136 Å². The fraction of sp³-hybridized carbons (Fsp3) is 0.667. The third-order valence-corrected chi connectivity index (χ3v) is 11.6. The van der Waals surface area contributed by atoms with Gasteiger partial charge in [0, 0.05) is 51.5 Å². The number of ether oxygens (including phenoxy) is 4. The molecule has 14 heteroatoms. The Kier molecular flexibility index (Phi) is 14.5. The molecule has 2 fully saturated rings. The molecule has 0 aromatic heterocycles. The largest absolute Gasteiger partial charge is 0.492 e. The molecule has 2 aliphatic rings. The Morgan fingerprint density at radius 2 is 1.38 bits per heavy atom. The highest BCUT2D eigenvalue weighted by atomic mass is 32.2. The van der Waals surface area contributed by atoms with E-state index in [0.717, 1.165) is 65.1 Å². The molecule has 0 bridgehead atoms. The second kappa shape index (κ2) is 18.0. The van der Waals surface area contributed by atoms with Gasteiger partial charge in [-0.3, -0.25) is 9.80 Å². The van der Waals surface area contributed by atoms with Crippen LogP contribution in [0, 0.1) is 27.7 Å². The molecule has 12 nitrogen and oxygen atoms in total. The average Bonchev–Trinajstić information content (AvgIpc) is 3.02. The van der Waals surface area contributed by atoms with Crippen LogP contribution in [-0.2, 0) is 29.5 Å². The molecule has 282 valence electrons. The van der Waals surface area contributed by atoms with E-state index in [2.05, 4.69) is 58.2 Å². The van der Waals surface area contributed by atoms with Gasteiger partial charge in [-0.15, -0.1) is 0 Å². The van der Waals surface area contributed by atoms with E-state index in [9.17, 15) is 16.8 Å². The highest BCUT2D eigenvalue weighted by molar-refractivity contribution is 7.89. The number of aryl methyl sites for hydroxylation is 2. The normalized spacial score (nSPS) is 24.0. The first-order chi connectivity index (χ1) is 23.6. The van der Waals surface area contributed by atoms with E-state index in [1.807, 2.05) is 19.1 Å². The molecule has 5 atom stereocenters. The SMILES string of the molecule is COC[C@H]1C(NS(C)(=O)=O)CCCN1CCOc1c(C)ccc(C2CCC(NS(C)(=O)=O)[C@H](COC)N2CCOc2cccc(C)c2C)c1C. The fourth-order valence-electron chi connectivity index (χ4n) is 7.65. The van der Waals surface area contributed by atoms with Gasteiger partial charge in [0.2, 0.25) is 20.0 Å². The van der Waals surface area contributed by atoms with Crippen LogP contribution in [0.25, 0.3) is 0 Å². The van der Waals surface area contributed by atoms with Crippen LogP contribution in [0.15, 0.2) is 30.3 Å². The minimum Gasteiger partial charge on any atom is -0.492 e. The molecule has 2 heterocycles. The molecule has 2 aliphatic heterocycles. The monoisotopic (exact) mass is 738 g/mol. The summed E-state index contributed by atoms with van der Waals surface area (Å²) in [4.78, 5) is 4.59. The number of methoxy groups -OCH3 is 2. The van der Waals surface area contributed by atoms with Crippen LogP contribution in [0.4, 0.5) is 0 Å². The lowest BCUT2D eigenvalue weighted by Crippen LogP contribution is -2.58. The number of nitrogens with zero attached hydrogens (tertiary/aromatic N) is 2. The van der Waals surface area contributed by atoms with E-state index in [-0.39, 0.29) is 30.2 Å². The summed E-state index contributed by atoms with van der Waals surface area (Å²) >= 11 is 0. The quantitative estimate of drug-likeness (QED) is 0.249. The van der Waals surface area contributed by atoms with Gasteiger partial charge in [-0.2, -0.15) is 0 Å². The van der Waals surface area contributed by atoms with E-state index in [0.29, 0.717) is 45.9 Å². The van der Waals surface area contributed by atoms with Crippen LogP contribution in [0.3, 0.4) is 0 Å². The summed E-state index contributed by atoms with van der Waals surface area (Å²) in [5.74, 6) is 1.68. The van der Waals surface area contributed by atoms with E-state index in [1.54, 1.807) is 14.2 Å². The predicted molar refractivity (Wildman–Crippen MR) is 197 cm³/mol. The van der Waals surface area contributed by atoms with Crippen molar-refractivity contribution >= 4 is 20.0 Å². The van der Waals surface area contributed by atoms with Crippen LogP contribution in [-0.4, -0.2) is 124 Å². The molecular weight excluding hydrogens is 681 g/mol. The number of piperidine rings is 2. The van der Waals surface area contributed by atoms with Crippen molar-refractivity contribution in [1.29, 1.82) is 0 Å². The van der Waals surface area contributed by atoms with Gasteiger partial charge >= 0.3 is 0 Å². The third kappa shape index (κ3) is 10.9. The van der Waals surface area contributed by atoms with Crippen molar-refractivity contribution in [2.75, 3.05) is 72.8 Å². The minimum atomic E-state index is -3.44. The van der Waals surface area contributed by atoms with Gasteiger partial charge in [-0.1, -0.05) is 24.3 Å². The third-order valence-electron chi connectivity index (χ3n) is 10.1. The maximum Gasteiger partial charge on any atom is 0.209 e. The molecule has 0 saturated carbocycles. The Labute approximate surface area is 300 Å².